The van der Waals surface area contributed by atoms with Crippen LogP contribution in [0.4, 0.5) is 20.2 Å². The highest BCUT2D eigenvalue weighted by Gasteiger charge is 2.33. The van der Waals surface area contributed by atoms with E-state index in [1.54, 1.807) is 4.90 Å². The van der Waals surface area contributed by atoms with Crippen LogP contribution in [0.2, 0.25) is 0 Å². The van der Waals surface area contributed by atoms with Crippen molar-refractivity contribution < 1.29 is 18.8 Å². The zero-order chi connectivity index (χ0) is 14.7. The van der Waals surface area contributed by atoms with Crippen LogP contribution in [0.3, 0.4) is 0 Å². The number of anilines is 1. The molecular weight excluding hydrogens is 270 g/mol. The predicted octanol–water partition coefficient (Wildman–Crippen LogP) is 2.61. The third-order valence-electron chi connectivity index (χ3n) is 3.60. The summed E-state index contributed by atoms with van der Waals surface area (Å²) in [4.78, 5) is 11.9. The summed E-state index contributed by atoms with van der Waals surface area (Å²) in [5, 5.41) is 19.9. The van der Waals surface area contributed by atoms with Gasteiger partial charge in [0, 0.05) is 25.3 Å². The first-order valence-corrected chi connectivity index (χ1v) is 6.56. The quantitative estimate of drug-likeness (QED) is 0.667. The second-order valence-electron chi connectivity index (χ2n) is 4.84. The second kappa shape index (κ2) is 6.13. The van der Waals surface area contributed by atoms with Crippen LogP contribution < -0.4 is 4.90 Å². The number of halogens is 2. The molecule has 0 radical (unpaired) electrons. The highest BCUT2D eigenvalue weighted by Crippen LogP contribution is 2.37. The van der Waals surface area contributed by atoms with Crippen molar-refractivity contribution in [2.24, 2.45) is 0 Å². The molecule has 0 bridgehead atoms. The van der Waals surface area contributed by atoms with Crippen molar-refractivity contribution in [3.63, 3.8) is 0 Å². The predicted molar refractivity (Wildman–Crippen MR) is 69.7 cm³/mol. The highest BCUT2D eigenvalue weighted by atomic mass is 19.2. The van der Waals surface area contributed by atoms with Gasteiger partial charge in [-0.05, 0) is 31.7 Å². The minimum atomic E-state index is -1.17. The molecule has 1 fully saturated rings. The van der Waals surface area contributed by atoms with E-state index < -0.39 is 22.2 Å². The van der Waals surface area contributed by atoms with Gasteiger partial charge in [-0.25, -0.2) is 8.78 Å². The molecule has 0 saturated carbocycles. The van der Waals surface area contributed by atoms with E-state index in [1.165, 1.54) is 0 Å². The summed E-state index contributed by atoms with van der Waals surface area (Å²) in [5.41, 5.74) is -0.685. The number of aliphatic hydroxyl groups excluding tert-OH is 1. The molecule has 1 aromatic rings. The van der Waals surface area contributed by atoms with Crippen molar-refractivity contribution in [3.05, 3.63) is 33.9 Å². The van der Waals surface area contributed by atoms with Gasteiger partial charge in [-0.15, -0.1) is 0 Å². The van der Waals surface area contributed by atoms with E-state index in [1.807, 2.05) is 0 Å². The Morgan fingerprint density at radius 1 is 1.45 bits per heavy atom. The zero-order valence-corrected chi connectivity index (χ0v) is 10.9. The van der Waals surface area contributed by atoms with Gasteiger partial charge in [-0.3, -0.25) is 10.1 Å². The molecule has 0 aliphatic carbocycles. The van der Waals surface area contributed by atoms with E-state index in [9.17, 15) is 18.9 Å². The van der Waals surface area contributed by atoms with Crippen LogP contribution in [0.1, 0.15) is 25.7 Å². The topological polar surface area (TPSA) is 66.6 Å². The molecule has 0 spiro atoms. The van der Waals surface area contributed by atoms with Crippen molar-refractivity contribution in [1.29, 1.82) is 0 Å². The first kappa shape index (κ1) is 14.6. The summed E-state index contributed by atoms with van der Waals surface area (Å²) in [6.45, 7) is 0.468. The van der Waals surface area contributed by atoms with Crippen molar-refractivity contribution in [2.75, 3.05) is 18.1 Å². The Morgan fingerprint density at radius 2 is 2.20 bits per heavy atom. The van der Waals surface area contributed by atoms with E-state index in [4.69, 9.17) is 5.11 Å². The summed E-state index contributed by atoms with van der Waals surface area (Å²) < 4.78 is 27.4. The molecule has 0 amide bonds. The Hall–Kier alpha value is -1.76. The first-order chi connectivity index (χ1) is 9.56. The number of benzene rings is 1. The second-order valence-corrected chi connectivity index (χ2v) is 4.84. The highest BCUT2D eigenvalue weighted by molar-refractivity contribution is 5.65. The van der Waals surface area contributed by atoms with E-state index in [-0.39, 0.29) is 18.3 Å². The summed E-state index contributed by atoms with van der Waals surface area (Å²) in [6, 6.07) is 1.67. The van der Waals surface area contributed by atoms with E-state index in [0.29, 0.717) is 19.4 Å². The monoisotopic (exact) mass is 286 g/mol. The molecule has 1 N–H and O–H groups in total. The summed E-state index contributed by atoms with van der Waals surface area (Å²) >= 11 is 0. The summed E-state index contributed by atoms with van der Waals surface area (Å²) in [7, 11) is 0. The van der Waals surface area contributed by atoms with Crippen LogP contribution in [0, 0.1) is 21.7 Å². The van der Waals surface area contributed by atoms with Gasteiger partial charge in [0.15, 0.2) is 17.3 Å². The number of rotatable bonds is 5. The Kier molecular flexibility index (Phi) is 4.49. The number of nitrogens with zero attached hydrogens (tertiary/aromatic N) is 2. The average Bonchev–Trinajstić information content (AvgIpc) is 2.87. The Labute approximate surface area is 115 Å². The molecule has 1 atom stereocenters. The molecule has 0 aromatic heterocycles. The Bertz CT molecular complexity index is 511. The molecule has 1 heterocycles. The van der Waals surface area contributed by atoms with Gasteiger partial charge in [0.25, 0.3) is 5.69 Å². The number of nitro benzene ring substituents is 1. The normalized spacial score (nSPS) is 18.6. The molecule has 1 aliphatic rings. The smallest absolute Gasteiger partial charge is 0.295 e. The van der Waals surface area contributed by atoms with Gasteiger partial charge in [0.2, 0.25) is 0 Å². The molecule has 2 rings (SSSR count). The minimum absolute atomic E-state index is 0.0120. The molecule has 110 valence electrons. The maximum absolute atomic E-state index is 14.0. The zero-order valence-electron chi connectivity index (χ0n) is 10.9. The lowest BCUT2D eigenvalue weighted by Gasteiger charge is -2.26. The number of aliphatic hydroxyl groups is 1. The largest absolute Gasteiger partial charge is 0.396 e. The van der Waals surface area contributed by atoms with Crippen LogP contribution in [0.5, 0.6) is 0 Å². The lowest BCUT2D eigenvalue weighted by atomic mass is 10.1. The lowest BCUT2D eigenvalue weighted by Crippen LogP contribution is -2.31. The van der Waals surface area contributed by atoms with Gasteiger partial charge >= 0.3 is 0 Å². The number of hydrogen-bond donors (Lipinski definition) is 1. The van der Waals surface area contributed by atoms with Crippen LogP contribution in [-0.4, -0.2) is 29.2 Å². The first-order valence-electron chi connectivity index (χ1n) is 6.56. The fraction of sp³-hybridized carbons (Fsp3) is 0.538. The number of nitro groups is 1. The fourth-order valence-corrected chi connectivity index (χ4v) is 2.71. The molecule has 1 saturated heterocycles. The standard InChI is InChI=1S/C13H16F2N2O3/c14-10-5-6-11(17(19)20)13(12(10)15)16-7-1-3-9(16)4-2-8-18/h5-6,9,18H,1-4,7-8H2. The Morgan fingerprint density at radius 3 is 2.85 bits per heavy atom. The van der Waals surface area contributed by atoms with Gasteiger partial charge in [-0.2, -0.15) is 0 Å². The third kappa shape index (κ3) is 2.72. The summed E-state index contributed by atoms with van der Waals surface area (Å²) in [6.07, 6.45) is 2.66. The SMILES string of the molecule is O=[N+]([O-])c1ccc(F)c(F)c1N1CCCC1CCCO. The molecule has 5 nitrogen and oxygen atoms in total. The van der Waals surface area contributed by atoms with Gasteiger partial charge < -0.3 is 10.0 Å². The molecule has 20 heavy (non-hydrogen) atoms. The van der Waals surface area contributed by atoms with Gasteiger partial charge in [0.1, 0.15) is 0 Å². The molecular formula is C13H16F2N2O3. The molecule has 1 aromatic carbocycles. The molecule has 7 heteroatoms. The van der Waals surface area contributed by atoms with Crippen molar-refractivity contribution in [2.45, 2.75) is 31.7 Å². The molecule has 1 aliphatic heterocycles. The average molecular weight is 286 g/mol. The van der Waals surface area contributed by atoms with E-state index in [0.717, 1.165) is 25.0 Å². The summed E-state index contributed by atoms with van der Waals surface area (Å²) in [5.74, 6) is -2.26. The molecule has 1 unspecified atom stereocenters. The van der Waals surface area contributed by atoms with E-state index >= 15 is 0 Å². The maximum Gasteiger partial charge on any atom is 0.295 e. The van der Waals surface area contributed by atoms with Crippen LogP contribution >= 0.6 is 0 Å². The van der Waals surface area contributed by atoms with Crippen molar-refractivity contribution >= 4 is 11.4 Å². The van der Waals surface area contributed by atoms with Gasteiger partial charge in [0.05, 0.1) is 4.92 Å². The van der Waals surface area contributed by atoms with Crippen LogP contribution in [-0.2, 0) is 0 Å². The fourth-order valence-electron chi connectivity index (χ4n) is 2.71. The van der Waals surface area contributed by atoms with Crippen molar-refractivity contribution in [1.82, 2.24) is 0 Å². The maximum atomic E-state index is 14.0. The van der Waals surface area contributed by atoms with Gasteiger partial charge in [-0.1, -0.05) is 0 Å². The third-order valence-corrected chi connectivity index (χ3v) is 3.60. The van der Waals surface area contributed by atoms with Crippen LogP contribution in [0.25, 0.3) is 0 Å². The van der Waals surface area contributed by atoms with Crippen molar-refractivity contribution in [3.8, 4) is 0 Å². The number of hydrogen-bond acceptors (Lipinski definition) is 4. The Balaban J connectivity index is 2.39. The van der Waals surface area contributed by atoms with Crippen LogP contribution in [0.15, 0.2) is 12.1 Å². The minimum Gasteiger partial charge on any atom is -0.396 e. The lowest BCUT2D eigenvalue weighted by molar-refractivity contribution is -0.384. The van der Waals surface area contributed by atoms with E-state index in [2.05, 4.69) is 0 Å².